The van der Waals surface area contributed by atoms with E-state index in [4.69, 9.17) is 10.5 Å². The number of nitro benzene ring substituents is 1. The molecule has 1 rings (SSSR count). The van der Waals surface area contributed by atoms with E-state index < -0.39 is 16.3 Å². The van der Waals surface area contributed by atoms with Crippen LogP contribution in [0.25, 0.3) is 0 Å². The first-order valence-electron chi connectivity index (χ1n) is 5.21. The SMILES string of the molecule is CCC(C)(N)COc1cc(F)cc([N+](=O)[O-])c1. The molecule has 5 nitrogen and oxygen atoms in total. The van der Waals surface area contributed by atoms with Crippen LogP contribution in [0.3, 0.4) is 0 Å². The van der Waals surface area contributed by atoms with Gasteiger partial charge in [0.2, 0.25) is 0 Å². The normalized spacial score (nSPS) is 14.1. The Bertz CT molecular complexity index is 421. The summed E-state index contributed by atoms with van der Waals surface area (Å²) in [4.78, 5) is 9.85. The van der Waals surface area contributed by atoms with E-state index in [1.807, 2.05) is 6.92 Å². The van der Waals surface area contributed by atoms with Crippen molar-refractivity contribution in [2.45, 2.75) is 25.8 Å². The highest BCUT2D eigenvalue weighted by atomic mass is 19.1. The third-order valence-corrected chi connectivity index (χ3v) is 2.44. The minimum absolute atomic E-state index is 0.113. The Morgan fingerprint density at radius 1 is 1.53 bits per heavy atom. The van der Waals surface area contributed by atoms with Gasteiger partial charge in [0.15, 0.2) is 0 Å². The Balaban J connectivity index is 2.81. The minimum atomic E-state index is -0.704. The van der Waals surface area contributed by atoms with Gasteiger partial charge < -0.3 is 10.5 Å². The van der Waals surface area contributed by atoms with Crippen LogP contribution < -0.4 is 10.5 Å². The Hall–Kier alpha value is -1.69. The fourth-order valence-corrected chi connectivity index (χ4v) is 1.09. The number of nitrogens with zero attached hydrogens (tertiary/aromatic N) is 1. The lowest BCUT2D eigenvalue weighted by molar-refractivity contribution is -0.385. The average Bonchev–Trinajstić information content (AvgIpc) is 2.26. The van der Waals surface area contributed by atoms with Crippen LogP contribution in [-0.2, 0) is 0 Å². The summed E-state index contributed by atoms with van der Waals surface area (Å²) in [6, 6.07) is 3.11. The molecular formula is C11H15FN2O3. The van der Waals surface area contributed by atoms with Crippen LogP contribution in [0.5, 0.6) is 5.75 Å². The molecule has 1 atom stereocenters. The molecule has 0 amide bonds. The maximum atomic E-state index is 13.1. The number of benzene rings is 1. The lowest BCUT2D eigenvalue weighted by atomic mass is 10.0. The highest BCUT2D eigenvalue weighted by molar-refractivity contribution is 5.38. The van der Waals surface area contributed by atoms with Crippen LogP contribution in [0.4, 0.5) is 10.1 Å². The van der Waals surface area contributed by atoms with E-state index in [2.05, 4.69) is 0 Å². The molecule has 0 aromatic heterocycles. The van der Waals surface area contributed by atoms with Crippen molar-refractivity contribution in [2.24, 2.45) is 5.73 Å². The van der Waals surface area contributed by atoms with Crippen molar-refractivity contribution in [2.75, 3.05) is 6.61 Å². The summed E-state index contributed by atoms with van der Waals surface area (Å²) in [6.45, 7) is 3.86. The van der Waals surface area contributed by atoms with E-state index in [-0.39, 0.29) is 18.0 Å². The quantitative estimate of drug-likeness (QED) is 0.634. The first kappa shape index (κ1) is 13.4. The third-order valence-electron chi connectivity index (χ3n) is 2.44. The van der Waals surface area contributed by atoms with Gasteiger partial charge in [0.1, 0.15) is 18.2 Å². The molecule has 0 aliphatic carbocycles. The fourth-order valence-electron chi connectivity index (χ4n) is 1.09. The Morgan fingerprint density at radius 3 is 2.71 bits per heavy atom. The van der Waals surface area contributed by atoms with Crippen LogP contribution >= 0.6 is 0 Å². The van der Waals surface area contributed by atoms with Gasteiger partial charge in [-0.25, -0.2) is 4.39 Å². The van der Waals surface area contributed by atoms with Crippen molar-refractivity contribution < 1.29 is 14.1 Å². The maximum Gasteiger partial charge on any atom is 0.276 e. The molecule has 17 heavy (non-hydrogen) atoms. The lowest BCUT2D eigenvalue weighted by Crippen LogP contribution is -2.41. The van der Waals surface area contributed by atoms with Crippen LogP contribution in [0.15, 0.2) is 18.2 Å². The van der Waals surface area contributed by atoms with Gasteiger partial charge in [-0.2, -0.15) is 0 Å². The highest BCUT2D eigenvalue weighted by Crippen LogP contribution is 2.22. The first-order valence-corrected chi connectivity index (χ1v) is 5.21. The summed E-state index contributed by atoms with van der Waals surface area (Å²) in [5.41, 5.74) is 4.97. The second-order valence-corrected chi connectivity index (χ2v) is 4.20. The second-order valence-electron chi connectivity index (χ2n) is 4.20. The van der Waals surface area contributed by atoms with Crippen molar-refractivity contribution in [3.63, 3.8) is 0 Å². The van der Waals surface area contributed by atoms with Crippen LogP contribution in [0.1, 0.15) is 20.3 Å². The number of hydrogen-bond acceptors (Lipinski definition) is 4. The Morgan fingerprint density at radius 2 is 2.18 bits per heavy atom. The number of nitro groups is 1. The van der Waals surface area contributed by atoms with E-state index >= 15 is 0 Å². The van der Waals surface area contributed by atoms with Gasteiger partial charge in [0.05, 0.1) is 17.1 Å². The second kappa shape index (κ2) is 5.09. The standard InChI is InChI=1S/C11H15FN2O3/c1-3-11(2,13)7-17-10-5-8(12)4-9(6-10)14(15)16/h4-6H,3,7,13H2,1-2H3. The number of ether oxygens (including phenoxy) is 1. The smallest absolute Gasteiger partial charge is 0.276 e. The number of rotatable bonds is 5. The molecular weight excluding hydrogens is 227 g/mol. The van der Waals surface area contributed by atoms with Gasteiger partial charge >= 0.3 is 0 Å². The molecule has 1 aromatic carbocycles. The topological polar surface area (TPSA) is 78.4 Å². The third kappa shape index (κ3) is 3.99. The number of nitrogens with two attached hydrogens (primary N) is 1. The molecule has 0 saturated heterocycles. The summed E-state index contributed by atoms with van der Waals surface area (Å²) in [5, 5.41) is 10.5. The van der Waals surface area contributed by atoms with Crippen LogP contribution in [0.2, 0.25) is 0 Å². The van der Waals surface area contributed by atoms with Gasteiger partial charge in [-0.3, -0.25) is 10.1 Å². The van der Waals surface area contributed by atoms with Gasteiger partial charge in [0.25, 0.3) is 5.69 Å². The monoisotopic (exact) mass is 242 g/mol. The molecule has 2 N–H and O–H groups in total. The molecule has 0 saturated carbocycles. The summed E-state index contributed by atoms with van der Waals surface area (Å²) in [6.07, 6.45) is 0.685. The van der Waals surface area contributed by atoms with Crippen molar-refractivity contribution in [1.29, 1.82) is 0 Å². The zero-order valence-corrected chi connectivity index (χ0v) is 9.77. The van der Waals surface area contributed by atoms with Gasteiger partial charge in [-0.05, 0) is 13.3 Å². The average molecular weight is 242 g/mol. The zero-order chi connectivity index (χ0) is 13.1. The van der Waals surface area contributed by atoms with Crippen molar-refractivity contribution in [3.05, 3.63) is 34.1 Å². The Labute approximate surface area is 98.5 Å². The first-order chi connectivity index (χ1) is 7.84. The molecule has 0 aliphatic heterocycles. The molecule has 0 bridgehead atoms. The predicted molar refractivity (Wildman–Crippen MR) is 61.4 cm³/mol. The maximum absolute atomic E-state index is 13.1. The van der Waals surface area contributed by atoms with Gasteiger partial charge in [0, 0.05) is 11.6 Å². The van der Waals surface area contributed by atoms with Crippen molar-refractivity contribution >= 4 is 5.69 Å². The molecule has 0 heterocycles. The van der Waals surface area contributed by atoms with Crippen molar-refractivity contribution in [3.8, 4) is 5.75 Å². The van der Waals surface area contributed by atoms with E-state index in [1.54, 1.807) is 6.92 Å². The van der Waals surface area contributed by atoms with E-state index in [0.717, 1.165) is 12.1 Å². The molecule has 6 heteroatoms. The Kier molecular flexibility index (Phi) is 4.01. The van der Waals surface area contributed by atoms with Gasteiger partial charge in [-0.15, -0.1) is 0 Å². The van der Waals surface area contributed by atoms with E-state index in [1.165, 1.54) is 6.07 Å². The number of non-ortho nitro benzene ring substituents is 1. The molecule has 0 spiro atoms. The predicted octanol–water partition coefficient (Wildman–Crippen LogP) is 2.24. The van der Waals surface area contributed by atoms with Crippen LogP contribution in [0, 0.1) is 15.9 Å². The molecule has 0 aliphatic rings. The van der Waals surface area contributed by atoms with Crippen molar-refractivity contribution in [1.82, 2.24) is 0 Å². The summed E-state index contributed by atoms with van der Waals surface area (Å²) in [7, 11) is 0. The lowest BCUT2D eigenvalue weighted by Gasteiger charge is -2.22. The fraction of sp³-hybridized carbons (Fsp3) is 0.455. The summed E-state index contributed by atoms with van der Waals surface area (Å²) in [5.74, 6) is -0.591. The highest BCUT2D eigenvalue weighted by Gasteiger charge is 2.18. The molecule has 1 aromatic rings. The molecule has 1 unspecified atom stereocenters. The molecule has 0 fully saturated rings. The van der Waals surface area contributed by atoms with Crippen LogP contribution in [-0.4, -0.2) is 17.1 Å². The minimum Gasteiger partial charge on any atom is -0.491 e. The number of hydrogen-bond donors (Lipinski definition) is 1. The summed E-state index contributed by atoms with van der Waals surface area (Å²) >= 11 is 0. The number of halogens is 1. The molecule has 0 radical (unpaired) electrons. The largest absolute Gasteiger partial charge is 0.491 e. The summed E-state index contributed by atoms with van der Waals surface area (Å²) < 4.78 is 18.3. The molecule has 94 valence electrons. The zero-order valence-electron chi connectivity index (χ0n) is 9.77. The van der Waals surface area contributed by atoms with E-state index in [0.29, 0.717) is 6.42 Å². The van der Waals surface area contributed by atoms with Gasteiger partial charge in [-0.1, -0.05) is 6.92 Å². The van der Waals surface area contributed by atoms with E-state index in [9.17, 15) is 14.5 Å².